The molecule has 6 aromatic rings. The highest BCUT2D eigenvalue weighted by Gasteiger charge is 2.25. The molecule has 0 spiro atoms. The van der Waals surface area contributed by atoms with Gasteiger partial charge in [-0.1, -0.05) is 60.1 Å². The van der Waals surface area contributed by atoms with E-state index < -0.39 is 0 Å². The normalized spacial score (nSPS) is 11.3. The third-order valence-electron chi connectivity index (χ3n) is 5.85. The minimum Gasteiger partial charge on any atom is -0.384 e. The van der Waals surface area contributed by atoms with Crippen LogP contribution >= 0.6 is 11.6 Å². The first-order valence-electron chi connectivity index (χ1n) is 10.7. The maximum absolute atomic E-state index is 13.6. The second-order valence-electron chi connectivity index (χ2n) is 7.94. The van der Waals surface area contributed by atoms with Crippen molar-refractivity contribution in [3.05, 3.63) is 102 Å². The van der Waals surface area contributed by atoms with Crippen molar-refractivity contribution < 1.29 is 4.79 Å². The molecule has 4 aromatic carbocycles. The summed E-state index contributed by atoms with van der Waals surface area (Å²) in [6.07, 6.45) is 0. The number of nitrogens with one attached hydrogen (secondary N) is 1. The summed E-state index contributed by atoms with van der Waals surface area (Å²) in [5.74, 6) is -0.0958. The van der Waals surface area contributed by atoms with Gasteiger partial charge in [0.25, 0.3) is 5.91 Å². The van der Waals surface area contributed by atoms with Gasteiger partial charge in [-0.05, 0) is 47.9 Å². The van der Waals surface area contributed by atoms with Gasteiger partial charge in [-0.3, -0.25) is 9.36 Å². The average Bonchev–Trinajstić information content (AvgIpc) is 3.14. The van der Waals surface area contributed by atoms with Gasteiger partial charge in [0.2, 0.25) is 0 Å². The molecule has 0 saturated heterocycles. The third-order valence-corrected chi connectivity index (χ3v) is 6.10. The number of amides is 1. The van der Waals surface area contributed by atoms with Crippen LogP contribution in [0.15, 0.2) is 91.0 Å². The molecule has 2 aromatic heterocycles. The van der Waals surface area contributed by atoms with Gasteiger partial charge in [0, 0.05) is 21.8 Å². The average molecular weight is 464 g/mol. The number of rotatable bonds is 3. The van der Waals surface area contributed by atoms with Crippen LogP contribution in [0.5, 0.6) is 0 Å². The Balaban J connectivity index is 1.57. The van der Waals surface area contributed by atoms with Crippen LogP contribution in [0.1, 0.15) is 10.4 Å². The first-order chi connectivity index (χ1) is 16.6. The second-order valence-corrected chi connectivity index (χ2v) is 8.37. The molecule has 6 nitrogen and oxygen atoms in total. The molecule has 0 saturated carbocycles. The van der Waals surface area contributed by atoms with Crippen molar-refractivity contribution in [3.8, 4) is 5.69 Å². The lowest BCUT2D eigenvalue weighted by atomic mass is 10.1. The summed E-state index contributed by atoms with van der Waals surface area (Å²) in [7, 11) is 0. The van der Waals surface area contributed by atoms with E-state index in [1.165, 1.54) is 0 Å². The lowest BCUT2D eigenvalue weighted by Gasteiger charge is -2.10. The van der Waals surface area contributed by atoms with Crippen LogP contribution in [-0.4, -0.2) is 20.4 Å². The van der Waals surface area contributed by atoms with Crippen LogP contribution in [0, 0.1) is 0 Å². The minimum atomic E-state index is -0.351. The Kier molecular flexibility index (Phi) is 4.67. The fourth-order valence-corrected chi connectivity index (χ4v) is 4.38. The molecule has 0 atom stereocenters. The molecule has 2 heterocycles. The van der Waals surface area contributed by atoms with E-state index in [9.17, 15) is 4.79 Å². The zero-order chi connectivity index (χ0) is 23.2. The molecule has 164 valence electrons. The zero-order valence-corrected chi connectivity index (χ0v) is 18.6. The molecule has 34 heavy (non-hydrogen) atoms. The molecule has 0 fully saturated rings. The maximum atomic E-state index is 13.6. The quantitative estimate of drug-likeness (QED) is 0.326. The van der Waals surface area contributed by atoms with Crippen molar-refractivity contribution in [1.29, 1.82) is 0 Å². The number of hydrogen-bond donors (Lipinski definition) is 2. The summed E-state index contributed by atoms with van der Waals surface area (Å²) in [5.41, 5.74) is 10.6. The van der Waals surface area contributed by atoms with Gasteiger partial charge in [-0.2, -0.15) is 0 Å². The van der Waals surface area contributed by atoms with Crippen LogP contribution < -0.4 is 11.1 Å². The van der Waals surface area contributed by atoms with Gasteiger partial charge in [0.1, 0.15) is 16.9 Å². The van der Waals surface area contributed by atoms with E-state index in [4.69, 9.17) is 27.3 Å². The molecular weight excluding hydrogens is 446 g/mol. The number of benzene rings is 4. The van der Waals surface area contributed by atoms with Crippen molar-refractivity contribution in [1.82, 2.24) is 14.5 Å². The topological polar surface area (TPSA) is 85.8 Å². The van der Waals surface area contributed by atoms with E-state index in [1.807, 2.05) is 78.9 Å². The summed E-state index contributed by atoms with van der Waals surface area (Å²) < 4.78 is 1.74. The molecule has 1 amide bonds. The Bertz CT molecular complexity index is 1720. The number of nitrogens with zero attached hydrogens (tertiary/aromatic N) is 3. The summed E-state index contributed by atoms with van der Waals surface area (Å²) in [5, 5.41) is 5.61. The van der Waals surface area contributed by atoms with E-state index in [2.05, 4.69) is 5.32 Å². The van der Waals surface area contributed by atoms with E-state index in [0.717, 1.165) is 16.5 Å². The largest absolute Gasteiger partial charge is 0.384 e. The SMILES string of the molecule is Nc1c(C(=O)Nc2cccc3ccccc23)c2nc3ccccc3nc2n1-c1ccc(Cl)cc1. The smallest absolute Gasteiger partial charge is 0.261 e. The van der Waals surface area contributed by atoms with Gasteiger partial charge >= 0.3 is 0 Å². The molecular formula is C27H18ClN5O. The monoisotopic (exact) mass is 463 g/mol. The zero-order valence-electron chi connectivity index (χ0n) is 17.9. The number of anilines is 2. The molecule has 7 heteroatoms. The Morgan fingerprint density at radius 1 is 0.824 bits per heavy atom. The predicted octanol–water partition coefficient (Wildman–Crippen LogP) is 6.21. The molecule has 0 aliphatic heterocycles. The highest BCUT2D eigenvalue weighted by molar-refractivity contribution is 6.30. The van der Waals surface area contributed by atoms with Gasteiger partial charge in [-0.25, -0.2) is 9.97 Å². The standard InChI is InChI=1S/C27H18ClN5O/c28-17-12-14-18(15-13-17)33-25(29)23(24-26(33)31-22-10-4-3-9-21(22)30-24)27(34)32-20-11-5-7-16-6-1-2-8-19(16)20/h1-15H,29H2,(H,32,34). The lowest BCUT2D eigenvalue weighted by molar-refractivity contribution is 0.102. The van der Waals surface area contributed by atoms with Crippen LogP contribution in [0.4, 0.5) is 11.5 Å². The number of hydrogen-bond acceptors (Lipinski definition) is 4. The number of nitrogen functional groups attached to an aromatic ring is 1. The predicted molar refractivity (Wildman–Crippen MR) is 138 cm³/mol. The maximum Gasteiger partial charge on any atom is 0.261 e. The molecule has 0 unspecified atom stereocenters. The first-order valence-corrected chi connectivity index (χ1v) is 11.1. The van der Waals surface area contributed by atoms with Crippen LogP contribution in [0.2, 0.25) is 5.02 Å². The van der Waals surface area contributed by atoms with E-state index >= 15 is 0 Å². The van der Waals surface area contributed by atoms with Gasteiger partial charge < -0.3 is 11.1 Å². The number of nitrogens with two attached hydrogens (primary N) is 1. The summed E-state index contributed by atoms with van der Waals surface area (Å²) in [4.78, 5) is 23.2. The molecule has 0 aliphatic rings. The van der Waals surface area contributed by atoms with Crippen molar-refractivity contribution in [2.45, 2.75) is 0 Å². The Morgan fingerprint density at radius 2 is 1.50 bits per heavy atom. The van der Waals surface area contributed by atoms with Gasteiger partial charge in [0.15, 0.2) is 5.65 Å². The van der Waals surface area contributed by atoms with Gasteiger partial charge in [0.05, 0.1) is 11.0 Å². The number of carbonyl (C=O) groups is 1. The van der Waals surface area contributed by atoms with Crippen molar-refractivity contribution >= 4 is 62.0 Å². The van der Waals surface area contributed by atoms with E-state index in [-0.39, 0.29) is 17.3 Å². The van der Waals surface area contributed by atoms with E-state index in [0.29, 0.717) is 32.9 Å². The molecule has 6 rings (SSSR count). The highest BCUT2D eigenvalue weighted by Crippen LogP contribution is 2.32. The van der Waals surface area contributed by atoms with Crippen LogP contribution in [-0.2, 0) is 0 Å². The first kappa shape index (κ1) is 20.2. The Hall–Kier alpha value is -4.42. The number of carbonyl (C=O) groups excluding carboxylic acids is 1. The Morgan fingerprint density at radius 3 is 2.29 bits per heavy atom. The molecule has 0 aliphatic carbocycles. The van der Waals surface area contributed by atoms with Crippen molar-refractivity contribution in [2.75, 3.05) is 11.1 Å². The summed E-state index contributed by atoms with van der Waals surface area (Å²) in [6.45, 7) is 0. The summed E-state index contributed by atoms with van der Waals surface area (Å²) >= 11 is 6.10. The third kappa shape index (κ3) is 3.24. The number of para-hydroxylation sites is 2. The molecule has 0 radical (unpaired) electrons. The molecule has 3 N–H and O–H groups in total. The van der Waals surface area contributed by atoms with Gasteiger partial charge in [-0.15, -0.1) is 0 Å². The second kappa shape index (κ2) is 7.86. The number of halogens is 1. The van der Waals surface area contributed by atoms with Crippen molar-refractivity contribution in [3.63, 3.8) is 0 Å². The number of aromatic nitrogens is 3. The summed E-state index contributed by atoms with van der Waals surface area (Å²) in [6, 6.07) is 28.4. The van der Waals surface area contributed by atoms with E-state index in [1.54, 1.807) is 16.7 Å². The fraction of sp³-hybridized carbons (Fsp3) is 0. The van der Waals surface area contributed by atoms with Crippen molar-refractivity contribution in [2.24, 2.45) is 0 Å². The minimum absolute atomic E-state index is 0.255. The number of fused-ring (bicyclic) bond motifs is 3. The van der Waals surface area contributed by atoms with Crippen LogP contribution in [0.3, 0.4) is 0 Å². The lowest BCUT2D eigenvalue weighted by Crippen LogP contribution is -2.14. The molecule has 0 bridgehead atoms. The highest BCUT2D eigenvalue weighted by atomic mass is 35.5. The fourth-order valence-electron chi connectivity index (χ4n) is 4.26. The van der Waals surface area contributed by atoms with Crippen LogP contribution in [0.25, 0.3) is 38.7 Å². The Labute approximate surface area is 199 Å².